The van der Waals surface area contributed by atoms with Crippen molar-refractivity contribution in [1.82, 2.24) is 5.32 Å². The molecule has 104 valence electrons. The summed E-state index contributed by atoms with van der Waals surface area (Å²) in [5, 5.41) is 2.64. The Balaban J connectivity index is 2.39. The predicted octanol–water partition coefficient (Wildman–Crippen LogP) is 1.65. The van der Waals surface area contributed by atoms with E-state index < -0.39 is 0 Å². The van der Waals surface area contributed by atoms with Gasteiger partial charge in [-0.2, -0.15) is 0 Å². The van der Waals surface area contributed by atoms with Crippen LogP contribution >= 0.6 is 0 Å². The molecule has 0 radical (unpaired) electrons. The van der Waals surface area contributed by atoms with E-state index in [2.05, 4.69) is 5.32 Å². The first-order valence-corrected chi connectivity index (χ1v) is 6.29. The van der Waals surface area contributed by atoms with Gasteiger partial charge in [0, 0.05) is 13.0 Å². The number of rotatable bonds is 7. The van der Waals surface area contributed by atoms with Crippen molar-refractivity contribution in [3.05, 3.63) is 29.8 Å². The maximum absolute atomic E-state index is 11.2. The third-order valence-corrected chi connectivity index (χ3v) is 2.36. The number of hydrogen-bond donors (Lipinski definition) is 1. The molecule has 0 fully saturated rings. The van der Waals surface area contributed by atoms with Gasteiger partial charge < -0.3 is 14.8 Å². The summed E-state index contributed by atoms with van der Waals surface area (Å²) in [7, 11) is 0. The Kier molecular flexibility index (Phi) is 6.43. The first kappa shape index (κ1) is 15.0. The van der Waals surface area contributed by atoms with Gasteiger partial charge in [0.1, 0.15) is 12.4 Å². The van der Waals surface area contributed by atoms with Gasteiger partial charge in [0.2, 0.25) is 0 Å². The van der Waals surface area contributed by atoms with Gasteiger partial charge in [-0.05, 0) is 24.6 Å². The molecule has 0 saturated heterocycles. The Morgan fingerprint density at radius 1 is 1.16 bits per heavy atom. The van der Waals surface area contributed by atoms with Gasteiger partial charge in [-0.3, -0.25) is 9.59 Å². The van der Waals surface area contributed by atoms with E-state index in [1.807, 2.05) is 6.92 Å². The van der Waals surface area contributed by atoms with E-state index in [-0.39, 0.29) is 25.1 Å². The van der Waals surface area contributed by atoms with E-state index in [1.54, 1.807) is 31.2 Å². The molecule has 0 spiro atoms. The number of ether oxygens (including phenoxy) is 2. The first-order valence-electron chi connectivity index (χ1n) is 6.29. The Morgan fingerprint density at radius 3 is 2.42 bits per heavy atom. The third-order valence-electron chi connectivity index (χ3n) is 2.36. The molecule has 1 amide bonds. The second-order valence-corrected chi connectivity index (χ2v) is 3.90. The summed E-state index contributed by atoms with van der Waals surface area (Å²) in [6.45, 7) is 4.44. The number of likely N-dealkylation sites (N-methyl/N-ethyl adjacent to an activating group) is 1. The van der Waals surface area contributed by atoms with Crippen LogP contribution in [-0.2, 0) is 20.9 Å². The van der Waals surface area contributed by atoms with E-state index in [9.17, 15) is 9.59 Å². The normalized spacial score (nSPS) is 9.79. The third kappa shape index (κ3) is 5.90. The molecule has 0 aliphatic carbocycles. The van der Waals surface area contributed by atoms with Crippen molar-refractivity contribution >= 4 is 11.9 Å². The molecule has 1 aromatic rings. The number of carbonyl (C=O) groups is 2. The van der Waals surface area contributed by atoms with Crippen molar-refractivity contribution in [2.45, 2.75) is 26.9 Å². The summed E-state index contributed by atoms with van der Waals surface area (Å²) in [4.78, 5) is 22.2. The van der Waals surface area contributed by atoms with Gasteiger partial charge in [0.25, 0.3) is 5.91 Å². The highest BCUT2D eigenvalue weighted by molar-refractivity contribution is 5.77. The quantitative estimate of drug-likeness (QED) is 0.761. The van der Waals surface area contributed by atoms with Crippen LogP contribution in [0.25, 0.3) is 0 Å². The van der Waals surface area contributed by atoms with E-state index in [0.717, 1.165) is 5.56 Å². The largest absolute Gasteiger partial charge is 0.484 e. The maximum atomic E-state index is 11.2. The van der Waals surface area contributed by atoms with Crippen LogP contribution in [0.1, 0.15) is 25.8 Å². The van der Waals surface area contributed by atoms with Gasteiger partial charge in [-0.15, -0.1) is 0 Å². The fraction of sp³-hybridized carbons (Fsp3) is 0.429. The molecular weight excluding hydrogens is 246 g/mol. The molecule has 19 heavy (non-hydrogen) atoms. The predicted molar refractivity (Wildman–Crippen MR) is 70.7 cm³/mol. The number of nitrogens with one attached hydrogen (secondary N) is 1. The summed E-state index contributed by atoms with van der Waals surface area (Å²) >= 11 is 0. The van der Waals surface area contributed by atoms with Gasteiger partial charge in [0.15, 0.2) is 6.61 Å². The zero-order valence-electron chi connectivity index (χ0n) is 11.3. The van der Waals surface area contributed by atoms with E-state index in [4.69, 9.17) is 9.47 Å². The summed E-state index contributed by atoms with van der Waals surface area (Å²) < 4.78 is 10.3. The lowest BCUT2D eigenvalue weighted by atomic mass is 10.2. The molecule has 0 bridgehead atoms. The van der Waals surface area contributed by atoms with Crippen molar-refractivity contribution in [2.75, 3.05) is 13.2 Å². The van der Waals surface area contributed by atoms with Gasteiger partial charge >= 0.3 is 5.97 Å². The van der Waals surface area contributed by atoms with E-state index in [0.29, 0.717) is 18.7 Å². The second kappa shape index (κ2) is 8.13. The minimum absolute atomic E-state index is 0.00198. The summed E-state index contributed by atoms with van der Waals surface area (Å²) in [6.07, 6.45) is 0.369. The molecule has 0 aliphatic rings. The van der Waals surface area contributed by atoms with E-state index >= 15 is 0 Å². The average Bonchev–Trinajstić information content (AvgIpc) is 2.44. The van der Waals surface area contributed by atoms with Crippen LogP contribution in [0.5, 0.6) is 5.75 Å². The lowest BCUT2D eigenvalue weighted by Gasteiger charge is -2.07. The molecule has 0 heterocycles. The molecule has 1 rings (SSSR count). The highest BCUT2D eigenvalue weighted by Crippen LogP contribution is 2.12. The zero-order valence-corrected chi connectivity index (χ0v) is 11.3. The number of hydrogen-bond acceptors (Lipinski definition) is 4. The molecule has 0 aliphatic heterocycles. The molecule has 1 aromatic carbocycles. The SMILES string of the molecule is CCNC(=O)COc1ccc(COC(=O)CC)cc1. The molecular formula is C14H19NO4. The van der Waals surface area contributed by atoms with Crippen molar-refractivity contribution in [3.63, 3.8) is 0 Å². The van der Waals surface area contributed by atoms with Crippen molar-refractivity contribution in [3.8, 4) is 5.75 Å². The standard InChI is InChI=1S/C14H19NO4/c1-3-14(17)19-9-11-5-7-12(8-6-11)18-10-13(16)15-4-2/h5-8H,3-4,9-10H2,1-2H3,(H,15,16). The minimum Gasteiger partial charge on any atom is -0.484 e. The topological polar surface area (TPSA) is 64.6 Å². The lowest BCUT2D eigenvalue weighted by molar-refractivity contribution is -0.144. The maximum Gasteiger partial charge on any atom is 0.305 e. The van der Waals surface area contributed by atoms with Crippen LogP contribution in [0.3, 0.4) is 0 Å². The Morgan fingerprint density at radius 2 is 1.84 bits per heavy atom. The summed E-state index contributed by atoms with van der Waals surface area (Å²) in [6, 6.07) is 7.09. The molecule has 0 atom stereocenters. The Hall–Kier alpha value is -2.04. The van der Waals surface area contributed by atoms with Crippen LogP contribution in [0.2, 0.25) is 0 Å². The van der Waals surface area contributed by atoms with E-state index in [1.165, 1.54) is 0 Å². The van der Waals surface area contributed by atoms with Crippen molar-refractivity contribution in [1.29, 1.82) is 0 Å². The van der Waals surface area contributed by atoms with Crippen LogP contribution in [0, 0.1) is 0 Å². The van der Waals surface area contributed by atoms with Gasteiger partial charge in [-0.1, -0.05) is 19.1 Å². The van der Waals surface area contributed by atoms with Crippen LogP contribution in [0.4, 0.5) is 0 Å². The van der Waals surface area contributed by atoms with Gasteiger partial charge in [-0.25, -0.2) is 0 Å². The monoisotopic (exact) mass is 265 g/mol. The molecule has 5 nitrogen and oxygen atoms in total. The van der Waals surface area contributed by atoms with Crippen molar-refractivity contribution < 1.29 is 19.1 Å². The van der Waals surface area contributed by atoms with Crippen LogP contribution in [0.15, 0.2) is 24.3 Å². The number of carbonyl (C=O) groups excluding carboxylic acids is 2. The smallest absolute Gasteiger partial charge is 0.305 e. The highest BCUT2D eigenvalue weighted by atomic mass is 16.5. The fourth-order valence-electron chi connectivity index (χ4n) is 1.34. The molecule has 5 heteroatoms. The number of benzene rings is 1. The summed E-state index contributed by atoms with van der Waals surface area (Å²) in [5.74, 6) is 0.233. The first-order chi connectivity index (χ1) is 9.15. The highest BCUT2D eigenvalue weighted by Gasteiger charge is 2.02. The van der Waals surface area contributed by atoms with Crippen molar-refractivity contribution in [2.24, 2.45) is 0 Å². The van der Waals surface area contributed by atoms with Crippen LogP contribution < -0.4 is 10.1 Å². The second-order valence-electron chi connectivity index (χ2n) is 3.90. The van der Waals surface area contributed by atoms with Crippen LogP contribution in [-0.4, -0.2) is 25.0 Å². The Bertz CT molecular complexity index is 414. The number of amides is 1. The molecule has 1 N–H and O–H groups in total. The average molecular weight is 265 g/mol. The molecule has 0 aromatic heterocycles. The fourth-order valence-corrected chi connectivity index (χ4v) is 1.34. The minimum atomic E-state index is -0.225. The number of esters is 1. The zero-order chi connectivity index (χ0) is 14.1. The molecule has 0 unspecified atom stereocenters. The van der Waals surface area contributed by atoms with Gasteiger partial charge in [0.05, 0.1) is 0 Å². The summed E-state index contributed by atoms with van der Waals surface area (Å²) in [5.41, 5.74) is 0.882. The molecule has 0 saturated carbocycles. The Labute approximate surface area is 112 Å². The lowest BCUT2D eigenvalue weighted by Crippen LogP contribution is -2.28.